The lowest BCUT2D eigenvalue weighted by Crippen LogP contribution is -2.53. The molecule has 1 aliphatic carbocycles. The van der Waals surface area contributed by atoms with Gasteiger partial charge in [0.2, 0.25) is 10.0 Å². The van der Waals surface area contributed by atoms with Crippen molar-refractivity contribution in [3.63, 3.8) is 0 Å². The minimum Gasteiger partial charge on any atom is -0.383 e. The quantitative estimate of drug-likeness (QED) is 0.303. The molecule has 0 radical (unpaired) electrons. The number of hydrogen-bond donors (Lipinski definition) is 0. The molecule has 1 aliphatic heterocycles. The van der Waals surface area contributed by atoms with E-state index in [0.29, 0.717) is 25.3 Å². The van der Waals surface area contributed by atoms with Crippen molar-refractivity contribution in [3.05, 3.63) is 95.6 Å². The number of methoxy groups -OCH3 is 1. The summed E-state index contributed by atoms with van der Waals surface area (Å²) in [6, 6.07) is 11.2. The number of nitrogens with zero attached hydrogens (tertiary/aromatic N) is 6. The standard InChI is InChI=1S/C28H27FN6O4S/c1-39-13-12-33-18-24(17-31-33)40(37,38)34-11-9-21-14-26-20(16-32-35(26)23-7-5-22(29)6-8-23)15-28(21,19-34)27(36)25-4-2-3-10-30-25/h2-8,10,14,16-18H,9,11-13,15,19H2,1H3/t28-/m0/s1. The average Bonchev–Trinajstić information content (AvgIpc) is 3.62. The maximum absolute atomic E-state index is 14.2. The van der Waals surface area contributed by atoms with E-state index in [-0.39, 0.29) is 41.7 Å². The highest BCUT2D eigenvalue weighted by molar-refractivity contribution is 7.89. The van der Waals surface area contributed by atoms with E-state index in [2.05, 4.69) is 15.2 Å². The molecule has 1 fully saturated rings. The highest BCUT2D eigenvalue weighted by Crippen LogP contribution is 2.47. The molecule has 3 aromatic heterocycles. The van der Waals surface area contributed by atoms with Crippen LogP contribution in [-0.2, 0) is 27.7 Å². The number of sulfonamides is 1. The normalized spacial score (nSPS) is 19.1. The van der Waals surface area contributed by atoms with Crippen LogP contribution in [0.25, 0.3) is 11.8 Å². The number of aromatic nitrogens is 5. The summed E-state index contributed by atoms with van der Waals surface area (Å²) in [6.07, 6.45) is 8.59. The van der Waals surface area contributed by atoms with Gasteiger partial charge in [-0.25, -0.2) is 17.5 Å². The predicted octanol–water partition coefficient (Wildman–Crippen LogP) is 3.15. The van der Waals surface area contributed by atoms with Gasteiger partial charge in [-0.1, -0.05) is 11.6 Å². The topological polar surface area (TPSA) is 112 Å². The van der Waals surface area contributed by atoms with E-state index in [1.165, 1.54) is 33.5 Å². The van der Waals surface area contributed by atoms with Crippen LogP contribution in [0.5, 0.6) is 0 Å². The minimum absolute atomic E-state index is 0.0407. The number of Topliss-reactive ketones (excluding diaryl/α,β-unsaturated/α-hetero) is 1. The SMILES string of the molecule is COCCn1cc(S(=O)(=O)N2CCC3=Cc4c(cnn4-c4ccc(F)cc4)C[C@]3(C(=O)c3ccccn3)C2)cn1. The molecule has 0 amide bonds. The number of halogens is 1. The van der Waals surface area contributed by atoms with Crippen molar-refractivity contribution < 1.29 is 22.3 Å². The van der Waals surface area contributed by atoms with Crippen molar-refractivity contribution in [3.8, 4) is 5.69 Å². The summed E-state index contributed by atoms with van der Waals surface area (Å²) in [5.74, 6) is -0.587. The Morgan fingerprint density at radius 1 is 1.12 bits per heavy atom. The Labute approximate surface area is 230 Å². The Balaban J connectivity index is 1.40. The molecule has 2 aliphatic rings. The predicted molar refractivity (Wildman–Crippen MR) is 144 cm³/mol. The minimum atomic E-state index is -3.94. The molecule has 206 valence electrons. The van der Waals surface area contributed by atoms with Crippen LogP contribution >= 0.6 is 0 Å². The number of benzene rings is 1. The van der Waals surface area contributed by atoms with Gasteiger partial charge < -0.3 is 4.74 Å². The molecule has 0 saturated carbocycles. The molecule has 10 nitrogen and oxygen atoms in total. The second-order valence-electron chi connectivity index (χ2n) is 9.94. The van der Waals surface area contributed by atoms with Crippen molar-refractivity contribution in [2.45, 2.75) is 24.3 Å². The number of ether oxygens (including phenoxy) is 1. The van der Waals surface area contributed by atoms with Crippen molar-refractivity contribution >= 4 is 21.9 Å². The number of ketones is 1. The van der Waals surface area contributed by atoms with Gasteiger partial charge in [0.05, 0.1) is 42.3 Å². The fourth-order valence-corrected chi connectivity index (χ4v) is 6.94. The molecule has 1 aromatic carbocycles. The lowest BCUT2D eigenvalue weighted by Gasteiger charge is -2.44. The van der Waals surface area contributed by atoms with Crippen LogP contribution in [0.4, 0.5) is 4.39 Å². The molecule has 1 atom stereocenters. The second-order valence-corrected chi connectivity index (χ2v) is 11.9. The third-order valence-corrected chi connectivity index (χ3v) is 9.35. The Morgan fingerprint density at radius 2 is 1.95 bits per heavy atom. The average molecular weight is 563 g/mol. The van der Waals surface area contributed by atoms with Crippen LogP contribution in [0.3, 0.4) is 0 Å². The van der Waals surface area contributed by atoms with E-state index < -0.39 is 15.4 Å². The highest BCUT2D eigenvalue weighted by Gasteiger charge is 2.51. The Morgan fingerprint density at radius 3 is 2.70 bits per heavy atom. The summed E-state index contributed by atoms with van der Waals surface area (Å²) in [6.45, 7) is 0.978. The number of hydrogen-bond acceptors (Lipinski definition) is 7. The third-order valence-electron chi connectivity index (χ3n) is 7.56. The summed E-state index contributed by atoms with van der Waals surface area (Å²) >= 11 is 0. The second kappa shape index (κ2) is 10.2. The molecule has 40 heavy (non-hydrogen) atoms. The van der Waals surface area contributed by atoms with Crippen LogP contribution in [0.1, 0.15) is 28.2 Å². The molecule has 0 spiro atoms. The Bertz CT molecular complexity index is 1700. The first-order chi connectivity index (χ1) is 19.3. The maximum Gasteiger partial charge on any atom is 0.246 e. The number of carbonyl (C=O) groups excluding carboxylic acids is 1. The van der Waals surface area contributed by atoms with Gasteiger partial charge >= 0.3 is 0 Å². The summed E-state index contributed by atoms with van der Waals surface area (Å²) in [4.78, 5) is 18.6. The summed E-state index contributed by atoms with van der Waals surface area (Å²) in [7, 11) is -2.37. The number of rotatable bonds is 8. The molecule has 0 N–H and O–H groups in total. The van der Waals surface area contributed by atoms with E-state index in [1.807, 2.05) is 6.08 Å². The molecule has 4 heterocycles. The molecule has 1 saturated heterocycles. The Kier molecular flexibility index (Phi) is 6.69. The summed E-state index contributed by atoms with van der Waals surface area (Å²) in [5, 5.41) is 8.70. The monoisotopic (exact) mass is 562 g/mol. The van der Waals surface area contributed by atoms with Crippen LogP contribution in [0.2, 0.25) is 0 Å². The lowest BCUT2D eigenvalue weighted by atomic mass is 9.65. The smallest absolute Gasteiger partial charge is 0.246 e. The molecule has 6 rings (SSSR count). The van der Waals surface area contributed by atoms with Crippen molar-refractivity contribution in [1.29, 1.82) is 0 Å². The van der Waals surface area contributed by atoms with E-state index in [1.54, 1.807) is 54.5 Å². The van der Waals surface area contributed by atoms with E-state index in [4.69, 9.17) is 4.74 Å². The van der Waals surface area contributed by atoms with E-state index >= 15 is 0 Å². The van der Waals surface area contributed by atoms with Gasteiger partial charge in [-0.05, 0) is 60.9 Å². The van der Waals surface area contributed by atoms with Crippen molar-refractivity contribution in [2.75, 3.05) is 26.8 Å². The first-order valence-electron chi connectivity index (χ1n) is 12.8. The van der Waals surface area contributed by atoms with Gasteiger partial charge in [0, 0.05) is 32.6 Å². The van der Waals surface area contributed by atoms with Crippen molar-refractivity contribution in [1.82, 2.24) is 28.9 Å². The van der Waals surface area contributed by atoms with Gasteiger partial charge in [-0.15, -0.1) is 0 Å². The van der Waals surface area contributed by atoms with Crippen LogP contribution in [-0.4, -0.2) is 69.9 Å². The molecule has 12 heteroatoms. The van der Waals surface area contributed by atoms with Gasteiger partial charge in [-0.2, -0.15) is 14.5 Å². The molecular formula is C28H27FN6O4S. The Hall–Kier alpha value is -4.00. The molecule has 4 aromatic rings. The van der Waals surface area contributed by atoms with Gasteiger partial charge in [0.25, 0.3) is 0 Å². The van der Waals surface area contributed by atoms with Crippen LogP contribution in [0.15, 0.2) is 77.7 Å². The largest absolute Gasteiger partial charge is 0.383 e. The summed E-state index contributed by atoms with van der Waals surface area (Å²) in [5.41, 5.74) is 2.21. The van der Waals surface area contributed by atoms with E-state index in [0.717, 1.165) is 16.8 Å². The fourth-order valence-electron chi connectivity index (χ4n) is 5.49. The zero-order chi connectivity index (χ0) is 27.9. The van der Waals surface area contributed by atoms with Gasteiger partial charge in [0.15, 0.2) is 5.78 Å². The first kappa shape index (κ1) is 26.2. The fraction of sp³-hybridized carbons (Fsp3) is 0.286. The summed E-state index contributed by atoms with van der Waals surface area (Å²) < 4.78 is 50.8. The van der Waals surface area contributed by atoms with Crippen molar-refractivity contribution in [2.24, 2.45) is 5.41 Å². The van der Waals surface area contributed by atoms with Gasteiger partial charge in [0.1, 0.15) is 16.4 Å². The molecular weight excluding hydrogens is 535 g/mol. The lowest BCUT2D eigenvalue weighted by molar-refractivity contribution is 0.0770. The first-order valence-corrected chi connectivity index (χ1v) is 14.3. The number of piperidine rings is 1. The van der Waals surface area contributed by atoms with Gasteiger partial charge in [-0.3, -0.25) is 14.5 Å². The van der Waals surface area contributed by atoms with Crippen LogP contribution < -0.4 is 0 Å². The highest BCUT2D eigenvalue weighted by atomic mass is 32.2. The molecule has 0 unspecified atom stereocenters. The number of carbonyl (C=O) groups is 1. The molecule has 0 bridgehead atoms. The maximum atomic E-state index is 14.2. The number of fused-ring (bicyclic) bond motifs is 2. The zero-order valence-electron chi connectivity index (χ0n) is 21.8. The number of pyridine rings is 1. The van der Waals surface area contributed by atoms with E-state index in [9.17, 15) is 17.6 Å². The zero-order valence-corrected chi connectivity index (χ0v) is 22.6. The third kappa shape index (κ3) is 4.47. The van der Waals surface area contributed by atoms with Crippen LogP contribution in [0, 0.1) is 11.2 Å².